The highest BCUT2D eigenvalue weighted by Crippen LogP contribution is 2.30. The van der Waals surface area contributed by atoms with Gasteiger partial charge < -0.3 is 10.6 Å². The van der Waals surface area contributed by atoms with Crippen molar-refractivity contribution < 1.29 is 21.6 Å². The van der Waals surface area contributed by atoms with Crippen molar-refractivity contribution in [2.45, 2.75) is 44.2 Å². The van der Waals surface area contributed by atoms with Crippen LogP contribution in [0.2, 0.25) is 0 Å². The molecule has 0 radical (unpaired) electrons. The van der Waals surface area contributed by atoms with Crippen molar-refractivity contribution in [1.29, 1.82) is 0 Å². The molecule has 0 amide bonds. The predicted octanol–water partition coefficient (Wildman–Crippen LogP) is 3.02. The van der Waals surface area contributed by atoms with Crippen LogP contribution in [-0.2, 0) is 29.4 Å². The number of aryl methyl sites for hydroxylation is 2. The van der Waals surface area contributed by atoms with E-state index >= 15 is 0 Å². The number of aliphatic imine (C=N–C) groups is 1. The Morgan fingerprint density at radius 3 is 2.47 bits per heavy atom. The zero-order chi connectivity index (χ0) is 21.1. The van der Waals surface area contributed by atoms with E-state index in [4.69, 9.17) is 0 Å². The Balaban J connectivity index is 0.00000320. The van der Waals surface area contributed by atoms with Crippen molar-refractivity contribution in [1.82, 2.24) is 14.9 Å². The summed E-state index contributed by atoms with van der Waals surface area (Å²) in [5.41, 5.74) is -1.22. The molecule has 0 atom stereocenters. The van der Waals surface area contributed by atoms with E-state index in [1.807, 2.05) is 0 Å². The Morgan fingerprint density at radius 2 is 1.83 bits per heavy atom. The van der Waals surface area contributed by atoms with Crippen LogP contribution in [0.1, 0.15) is 36.0 Å². The summed E-state index contributed by atoms with van der Waals surface area (Å²) in [7, 11) is -3.56. The fourth-order valence-corrected chi connectivity index (χ4v) is 4.87. The normalized spacial score (nSPS) is 18.6. The van der Waals surface area contributed by atoms with E-state index in [-0.39, 0.29) is 43.0 Å². The number of rotatable bonds is 5. The van der Waals surface area contributed by atoms with Crippen LogP contribution in [0.15, 0.2) is 23.2 Å². The summed E-state index contributed by atoms with van der Waals surface area (Å²) in [6.45, 7) is 0.934. The number of fused-ring (bicyclic) bond motifs is 1. The summed E-state index contributed by atoms with van der Waals surface area (Å²) in [6.07, 6.45) is 4.24. The lowest BCUT2D eigenvalue weighted by Gasteiger charge is -2.31. The monoisotopic (exact) mass is 560 g/mol. The van der Waals surface area contributed by atoms with Crippen molar-refractivity contribution in [3.8, 4) is 0 Å². The van der Waals surface area contributed by atoms with E-state index in [0.717, 1.165) is 12.8 Å². The number of sulfonamides is 1. The van der Waals surface area contributed by atoms with Gasteiger partial charge in [-0.3, -0.25) is 4.99 Å². The molecule has 6 nitrogen and oxygen atoms in total. The highest BCUT2D eigenvalue weighted by Gasteiger charge is 2.50. The predicted molar refractivity (Wildman–Crippen MR) is 121 cm³/mol. The molecule has 0 unspecified atom stereocenters. The lowest BCUT2D eigenvalue weighted by atomic mass is 9.98. The van der Waals surface area contributed by atoms with Gasteiger partial charge in [0.25, 0.3) is 0 Å². The number of alkyl halides is 3. The Bertz CT molecular complexity index is 854. The highest BCUT2D eigenvalue weighted by molar-refractivity contribution is 14.0. The number of hydrogen-bond acceptors (Lipinski definition) is 3. The first kappa shape index (κ1) is 25.2. The van der Waals surface area contributed by atoms with Gasteiger partial charge in [-0.05, 0) is 54.7 Å². The SMILES string of the molecule is CN=C(NCc1ccc2c(c1)CCC2)NCC1CCN(S(=O)(=O)C(F)(F)F)CC1.I. The van der Waals surface area contributed by atoms with Gasteiger partial charge in [-0.2, -0.15) is 17.5 Å². The van der Waals surface area contributed by atoms with Gasteiger partial charge in [0.05, 0.1) is 0 Å². The summed E-state index contributed by atoms with van der Waals surface area (Å²) in [5, 5.41) is 6.45. The number of benzene rings is 1. The highest BCUT2D eigenvalue weighted by atomic mass is 127. The third-order valence-corrected chi connectivity index (χ3v) is 7.24. The second kappa shape index (κ2) is 10.5. The van der Waals surface area contributed by atoms with Gasteiger partial charge in [0, 0.05) is 33.2 Å². The summed E-state index contributed by atoms with van der Waals surface area (Å²) in [6, 6.07) is 6.51. The maximum Gasteiger partial charge on any atom is 0.511 e. The fourth-order valence-electron chi connectivity index (χ4n) is 3.88. The molecule has 2 aliphatic rings. The molecule has 0 saturated carbocycles. The molecule has 1 aliphatic heterocycles. The van der Waals surface area contributed by atoms with Gasteiger partial charge in [-0.1, -0.05) is 18.2 Å². The number of guanidine groups is 1. The van der Waals surface area contributed by atoms with Gasteiger partial charge in [-0.15, -0.1) is 24.0 Å². The van der Waals surface area contributed by atoms with E-state index in [1.54, 1.807) is 7.05 Å². The number of piperidine rings is 1. The third kappa shape index (κ3) is 6.00. The van der Waals surface area contributed by atoms with Gasteiger partial charge in [0.1, 0.15) is 0 Å². The Kier molecular flexibility index (Phi) is 8.80. The number of nitrogens with one attached hydrogen (secondary N) is 2. The smallest absolute Gasteiger partial charge is 0.356 e. The van der Waals surface area contributed by atoms with Crippen LogP contribution in [0.5, 0.6) is 0 Å². The average molecular weight is 560 g/mol. The molecule has 30 heavy (non-hydrogen) atoms. The van der Waals surface area contributed by atoms with E-state index < -0.39 is 15.5 Å². The zero-order valence-corrected chi connectivity index (χ0v) is 20.0. The van der Waals surface area contributed by atoms with Crippen molar-refractivity contribution in [2.24, 2.45) is 10.9 Å². The molecule has 3 rings (SSSR count). The molecule has 1 aromatic rings. The average Bonchev–Trinajstić information content (AvgIpc) is 3.15. The molecule has 0 aromatic heterocycles. The van der Waals surface area contributed by atoms with E-state index in [1.165, 1.54) is 23.1 Å². The molecular weight excluding hydrogens is 532 g/mol. The summed E-state index contributed by atoms with van der Waals surface area (Å²) >= 11 is 0. The fraction of sp³-hybridized carbons (Fsp3) is 0.632. The van der Waals surface area contributed by atoms with E-state index in [2.05, 4.69) is 33.8 Å². The summed E-state index contributed by atoms with van der Waals surface area (Å²) < 4.78 is 61.4. The summed E-state index contributed by atoms with van der Waals surface area (Å²) in [4.78, 5) is 4.19. The standard InChI is InChI=1S/C19H27F3N4O2S.HI/c1-23-18(25-13-15-5-6-16-3-2-4-17(16)11-15)24-12-14-7-9-26(10-8-14)29(27,28)19(20,21)22;/h5-6,11,14H,2-4,7-10,12-13H2,1H3,(H2,23,24,25);1H. The lowest BCUT2D eigenvalue weighted by Crippen LogP contribution is -2.47. The van der Waals surface area contributed by atoms with Crippen molar-refractivity contribution >= 4 is 40.0 Å². The Labute approximate surface area is 192 Å². The molecule has 0 bridgehead atoms. The number of nitrogens with zero attached hydrogens (tertiary/aromatic N) is 2. The van der Waals surface area contributed by atoms with Crippen LogP contribution in [0.3, 0.4) is 0 Å². The van der Waals surface area contributed by atoms with Crippen LogP contribution >= 0.6 is 24.0 Å². The van der Waals surface area contributed by atoms with E-state index in [9.17, 15) is 21.6 Å². The number of halogens is 4. The van der Waals surface area contributed by atoms with Crippen LogP contribution in [-0.4, -0.2) is 50.9 Å². The van der Waals surface area contributed by atoms with Crippen LogP contribution in [0.4, 0.5) is 13.2 Å². The molecule has 2 N–H and O–H groups in total. The first-order valence-electron chi connectivity index (χ1n) is 9.82. The first-order chi connectivity index (χ1) is 13.7. The molecule has 1 fully saturated rings. The third-order valence-electron chi connectivity index (χ3n) is 5.61. The van der Waals surface area contributed by atoms with Gasteiger partial charge in [0.15, 0.2) is 5.96 Å². The maximum absolute atomic E-state index is 12.6. The Morgan fingerprint density at radius 1 is 1.17 bits per heavy atom. The minimum atomic E-state index is -5.23. The van der Waals surface area contributed by atoms with E-state index in [0.29, 0.717) is 36.2 Å². The quantitative estimate of drug-likeness (QED) is 0.330. The first-order valence-corrected chi connectivity index (χ1v) is 11.3. The number of hydrogen-bond donors (Lipinski definition) is 2. The lowest BCUT2D eigenvalue weighted by molar-refractivity contribution is -0.0496. The van der Waals surface area contributed by atoms with Crippen molar-refractivity contribution in [3.05, 3.63) is 34.9 Å². The molecule has 1 aliphatic carbocycles. The maximum atomic E-state index is 12.6. The van der Waals surface area contributed by atoms with Gasteiger partial charge in [0.2, 0.25) is 0 Å². The molecule has 170 valence electrons. The second-order valence-corrected chi connectivity index (χ2v) is 9.49. The van der Waals surface area contributed by atoms with Gasteiger partial charge >= 0.3 is 15.5 Å². The topological polar surface area (TPSA) is 73.8 Å². The molecule has 1 saturated heterocycles. The molecule has 0 spiro atoms. The van der Waals surface area contributed by atoms with Crippen LogP contribution < -0.4 is 10.6 Å². The van der Waals surface area contributed by atoms with Crippen LogP contribution in [0, 0.1) is 5.92 Å². The Hall–Kier alpha value is -1.08. The second-order valence-electron chi connectivity index (χ2n) is 7.56. The minimum Gasteiger partial charge on any atom is -0.356 e. The van der Waals surface area contributed by atoms with Crippen molar-refractivity contribution in [3.63, 3.8) is 0 Å². The molecular formula is C19H28F3IN4O2S. The van der Waals surface area contributed by atoms with Crippen LogP contribution in [0.25, 0.3) is 0 Å². The largest absolute Gasteiger partial charge is 0.511 e. The van der Waals surface area contributed by atoms with Gasteiger partial charge in [-0.25, -0.2) is 8.42 Å². The molecule has 1 heterocycles. The molecule has 11 heteroatoms. The minimum absolute atomic E-state index is 0. The zero-order valence-electron chi connectivity index (χ0n) is 16.8. The molecule has 1 aromatic carbocycles. The summed E-state index contributed by atoms with van der Waals surface area (Å²) in [5.74, 6) is 0.712. The van der Waals surface area contributed by atoms with Crippen molar-refractivity contribution in [2.75, 3.05) is 26.7 Å².